The maximum Gasteiger partial charge on any atom is 0.306 e. The van der Waals surface area contributed by atoms with Gasteiger partial charge >= 0.3 is 5.97 Å². The standard InChI is InChI=1S/C16H23NO2/c18-16(19-13-15-9-5-11-17-12-15)10-4-8-14-6-2-1-3-7-14/h5,9,11-12,14H,1-4,6-8,10,13H2. The van der Waals surface area contributed by atoms with Gasteiger partial charge in [-0.25, -0.2) is 0 Å². The first-order valence-electron chi connectivity index (χ1n) is 7.39. The molecule has 1 aliphatic rings. The Kier molecular flexibility index (Phi) is 5.86. The summed E-state index contributed by atoms with van der Waals surface area (Å²) in [6, 6.07) is 3.77. The van der Waals surface area contributed by atoms with Gasteiger partial charge in [-0.2, -0.15) is 0 Å². The monoisotopic (exact) mass is 261 g/mol. The van der Waals surface area contributed by atoms with Crippen molar-refractivity contribution in [1.82, 2.24) is 4.98 Å². The molecule has 1 heterocycles. The van der Waals surface area contributed by atoms with Gasteiger partial charge in [0.25, 0.3) is 0 Å². The Morgan fingerprint density at radius 2 is 2.16 bits per heavy atom. The number of carbonyl (C=O) groups is 1. The highest BCUT2D eigenvalue weighted by molar-refractivity contribution is 5.69. The van der Waals surface area contributed by atoms with E-state index in [9.17, 15) is 4.79 Å². The molecule has 1 saturated carbocycles. The summed E-state index contributed by atoms with van der Waals surface area (Å²) < 4.78 is 5.24. The summed E-state index contributed by atoms with van der Waals surface area (Å²) in [6.45, 7) is 0.343. The largest absolute Gasteiger partial charge is 0.461 e. The number of carbonyl (C=O) groups excluding carboxylic acids is 1. The van der Waals surface area contributed by atoms with Gasteiger partial charge in [-0.05, 0) is 24.8 Å². The van der Waals surface area contributed by atoms with Crippen LogP contribution in [0.1, 0.15) is 56.9 Å². The van der Waals surface area contributed by atoms with Crippen LogP contribution >= 0.6 is 0 Å². The summed E-state index contributed by atoms with van der Waals surface area (Å²) >= 11 is 0. The Morgan fingerprint density at radius 1 is 1.32 bits per heavy atom. The Balaban J connectivity index is 1.57. The van der Waals surface area contributed by atoms with Crippen LogP contribution in [0, 0.1) is 5.92 Å². The molecule has 2 rings (SSSR count). The lowest BCUT2D eigenvalue weighted by Gasteiger charge is -2.20. The number of nitrogens with zero attached hydrogens (tertiary/aromatic N) is 1. The SMILES string of the molecule is O=C(CCCC1CCCCC1)OCc1cccnc1. The molecule has 0 saturated heterocycles. The van der Waals surface area contributed by atoms with Crippen LogP contribution in [0.15, 0.2) is 24.5 Å². The van der Waals surface area contributed by atoms with Gasteiger partial charge in [-0.15, -0.1) is 0 Å². The highest BCUT2D eigenvalue weighted by Crippen LogP contribution is 2.27. The van der Waals surface area contributed by atoms with Gasteiger partial charge in [0.05, 0.1) is 0 Å². The van der Waals surface area contributed by atoms with Crippen LogP contribution in [-0.2, 0) is 16.1 Å². The normalized spacial score (nSPS) is 16.2. The molecule has 0 aliphatic heterocycles. The third-order valence-corrected chi connectivity index (χ3v) is 3.84. The number of pyridine rings is 1. The smallest absolute Gasteiger partial charge is 0.306 e. The second-order valence-electron chi connectivity index (χ2n) is 5.42. The van der Waals surface area contributed by atoms with Crippen LogP contribution in [0.4, 0.5) is 0 Å². The van der Waals surface area contributed by atoms with Gasteiger partial charge < -0.3 is 4.74 Å². The minimum Gasteiger partial charge on any atom is -0.461 e. The second kappa shape index (κ2) is 7.93. The van der Waals surface area contributed by atoms with Crippen LogP contribution in [-0.4, -0.2) is 11.0 Å². The summed E-state index contributed by atoms with van der Waals surface area (Å²) in [4.78, 5) is 15.6. The van der Waals surface area contributed by atoms with Gasteiger partial charge in [-0.1, -0.05) is 38.2 Å². The van der Waals surface area contributed by atoms with E-state index in [1.54, 1.807) is 12.4 Å². The van der Waals surface area contributed by atoms with Gasteiger partial charge in [0.15, 0.2) is 0 Å². The Hall–Kier alpha value is -1.38. The predicted octanol–water partition coefficient (Wildman–Crippen LogP) is 3.88. The third kappa shape index (κ3) is 5.41. The summed E-state index contributed by atoms with van der Waals surface area (Å²) in [5.41, 5.74) is 0.947. The quantitative estimate of drug-likeness (QED) is 0.730. The molecule has 1 fully saturated rings. The zero-order valence-electron chi connectivity index (χ0n) is 11.5. The number of rotatable bonds is 6. The molecule has 104 valence electrons. The van der Waals surface area contributed by atoms with Gasteiger partial charge in [0.1, 0.15) is 6.61 Å². The van der Waals surface area contributed by atoms with Gasteiger partial charge in [0, 0.05) is 24.4 Å². The number of hydrogen-bond acceptors (Lipinski definition) is 3. The van der Waals surface area contributed by atoms with Crippen molar-refractivity contribution in [2.24, 2.45) is 5.92 Å². The molecule has 0 spiro atoms. The maximum atomic E-state index is 11.6. The molecule has 0 radical (unpaired) electrons. The number of aromatic nitrogens is 1. The highest BCUT2D eigenvalue weighted by Gasteiger charge is 2.13. The van der Waals surface area contributed by atoms with Crippen LogP contribution in [0.25, 0.3) is 0 Å². The lowest BCUT2D eigenvalue weighted by molar-refractivity contribution is -0.145. The van der Waals surface area contributed by atoms with Crippen molar-refractivity contribution in [3.8, 4) is 0 Å². The van der Waals surface area contributed by atoms with Gasteiger partial charge in [-0.3, -0.25) is 9.78 Å². The summed E-state index contributed by atoms with van der Waals surface area (Å²) in [6.07, 6.45) is 13.0. The molecule has 3 nitrogen and oxygen atoms in total. The highest BCUT2D eigenvalue weighted by atomic mass is 16.5. The molecule has 3 heteroatoms. The van der Waals surface area contributed by atoms with E-state index in [4.69, 9.17) is 4.74 Å². The molecular formula is C16H23NO2. The molecule has 0 N–H and O–H groups in total. The molecule has 1 aliphatic carbocycles. The fourth-order valence-electron chi connectivity index (χ4n) is 2.73. The number of hydrogen-bond donors (Lipinski definition) is 0. The van der Waals surface area contributed by atoms with Crippen LogP contribution < -0.4 is 0 Å². The summed E-state index contributed by atoms with van der Waals surface area (Å²) in [5, 5.41) is 0. The molecule has 1 aromatic heterocycles. The first-order chi connectivity index (χ1) is 9.34. The number of esters is 1. The maximum absolute atomic E-state index is 11.6. The first-order valence-corrected chi connectivity index (χ1v) is 7.39. The Morgan fingerprint density at radius 3 is 2.89 bits per heavy atom. The predicted molar refractivity (Wildman–Crippen MR) is 74.5 cm³/mol. The summed E-state index contributed by atoms with van der Waals surface area (Å²) in [7, 11) is 0. The van der Waals surface area contributed by atoms with E-state index in [-0.39, 0.29) is 5.97 Å². The zero-order valence-corrected chi connectivity index (χ0v) is 11.5. The van der Waals surface area contributed by atoms with Crippen LogP contribution in [0.2, 0.25) is 0 Å². The minimum absolute atomic E-state index is 0.0836. The fraction of sp³-hybridized carbons (Fsp3) is 0.625. The Labute approximate surface area is 115 Å². The van der Waals surface area contributed by atoms with Gasteiger partial charge in [0.2, 0.25) is 0 Å². The average Bonchev–Trinajstić information content (AvgIpc) is 2.47. The molecular weight excluding hydrogens is 238 g/mol. The van der Waals surface area contributed by atoms with E-state index < -0.39 is 0 Å². The topological polar surface area (TPSA) is 39.2 Å². The van der Waals surface area contributed by atoms with Crippen molar-refractivity contribution >= 4 is 5.97 Å². The van der Waals surface area contributed by atoms with E-state index in [0.717, 1.165) is 17.9 Å². The molecule has 19 heavy (non-hydrogen) atoms. The van der Waals surface area contributed by atoms with E-state index >= 15 is 0 Å². The van der Waals surface area contributed by atoms with E-state index in [0.29, 0.717) is 13.0 Å². The molecule has 1 aromatic rings. The number of ether oxygens (including phenoxy) is 1. The van der Waals surface area contributed by atoms with Crippen LogP contribution in [0.3, 0.4) is 0 Å². The summed E-state index contributed by atoms with van der Waals surface area (Å²) in [5.74, 6) is 0.763. The first kappa shape index (κ1) is 14.0. The van der Waals surface area contributed by atoms with E-state index in [1.165, 1.54) is 38.5 Å². The van der Waals surface area contributed by atoms with Crippen molar-refractivity contribution in [1.29, 1.82) is 0 Å². The van der Waals surface area contributed by atoms with Crippen molar-refractivity contribution in [2.75, 3.05) is 0 Å². The molecule has 0 amide bonds. The van der Waals surface area contributed by atoms with Crippen molar-refractivity contribution in [2.45, 2.75) is 58.0 Å². The average molecular weight is 261 g/mol. The minimum atomic E-state index is -0.0836. The van der Waals surface area contributed by atoms with Crippen LogP contribution in [0.5, 0.6) is 0 Å². The Bertz CT molecular complexity index is 372. The van der Waals surface area contributed by atoms with E-state index in [2.05, 4.69) is 4.98 Å². The lowest BCUT2D eigenvalue weighted by atomic mass is 9.86. The molecule has 0 aromatic carbocycles. The molecule has 0 unspecified atom stereocenters. The molecule has 0 bridgehead atoms. The van der Waals surface area contributed by atoms with Crippen molar-refractivity contribution < 1.29 is 9.53 Å². The molecule has 0 atom stereocenters. The fourth-order valence-corrected chi connectivity index (χ4v) is 2.73. The van der Waals surface area contributed by atoms with Crippen molar-refractivity contribution in [3.05, 3.63) is 30.1 Å². The zero-order chi connectivity index (χ0) is 13.3. The van der Waals surface area contributed by atoms with E-state index in [1.807, 2.05) is 12.1 Å². The second-order valence-corrected chi connectivity index (χ2v) is 5.42. The van der Waals surface area contributed by atoms with Crippen molar-refractivity contribution in [3.63, 3.8) is 0 Å². The third-order valence-electron chi connectivity index (χ3n) is 3.84. The lowest BCUT2D eigenvalue weighted by Crippen LogP contribution is -2.08.